The first kappa shape index (κ1) is 17.8. The minimum atomic E-state index is -0.130. The number of aryl methyl sites for hydroxylation is 1. The summed E-state index contributed by atoms with van der Waals surface area (Å²) >= 11 is 0. The van der Waals surface area contributed by atoms with Gasteiger partial charge in [-0.15, -0.1) is 0 Å². The molecule has 2 saturated heterocycles. The first-order valence-corrected chi connectivity index (χ1v) is 9.39. The summed E-state index contributed by atoms with van der Waals surface area (Å²) in [6.45, 7) is 6.14. The van der Waals surface area contributed by atoms with Crippen LogP contribution in [0.5, 0.6) is 0 Å². The molecule has 1 atom stereocenters. The predicted octanol–water partition coefficient (Wildman–Crippen LogP) is 2.29. The fourth-order valence-corrected chi connectivity index (χ4v) is 3.93. The SMILES string of the molecule is Cc1ccccc1N1CCN(C(=O)CC2CCCCN(C)C2=O)CC1. The van der Waals surface area contributed by atoms with Crippen LogP contribution in [-0.4, -0.2) is 61.4 Å². The van der Waals surface area contributed by atoms with Crippen LogP contribution in [0.3, 0.4) is 0 Å². The molecule has 0 aliphatic carbocycles. The van der Waals surface area contributed by atoms with E-state index in [4.69, 9.17) is 0 Å². The Labute approximate surface area is 150 Å². The topological polar surface area (TPSA) is 43.9 Å². The molecule has 2 fully saturated rings. The molecule has 3 rings (SSSR count). The number of hydrogen-bond acceptors (Lipinski definition) is 3. The van der Waals surface area contributed by atoms with Crippen molar-refractivity contribution in [3.05, 3.63) is 29.8 Å². The number of benzene rings is 1. The van der Waals surface area contributed by atoms with Crippen molar-refractivity contribution in [2.75, 3.05) is 44.7 Å². The van der Waals surface area contributed by atoms with Crippen LogP contribution in [-0.2, 0) is 9.59 Å². The van der Waals surface area contributed by atoms with Gasteiger partial charge in [-0.2, -0.15) is 0 Å². The van der Waals surface area contributed by atoms with E-state index in [0.717, 1.165) is 52.0 Å². The number of rotatable bonds is 3. The van der Waals surface area contributed by atoms with Crippen molar-refractivity contribution in [3.8, 4) is 0 Å². The van der Waals surface area contributed by atoms with Crippen LogP contribution in [0.25, 0.3) is 0 Å². The van der Waals surface area contributed by atoms with Crippen molar-refractivity contribution in [2.24, 2.45) is 5.92 Å². The third-order valence-corrected chi connectivity index (χ3v) is 5.53. The third kappa shape index (κ3) is 4.14. The largest absolute Gasteiger partial charge is 0.368 e. The molecule has 0 saturated carbocycles. The fourth-order valence-electron chi connectivity index (χ4n) is 3.93. The zero-order valence-corrected chi connectivity index (χ0v) is 15.4. The summed E-state index contributed by atoms with van der Waals surface area (Å²) in [4.78, 5) is 31.1. The third-order valence-electron chi connectivity index (χ3n) is 5.53. The number of anilines is 1. The van der Waals surface area contributed by atoms with Gasteiger partial charge >= 0.3 is 0 Å². The van der Waals surface area contributed by atoms with E-state index in [-0.39, 0.29) is 17.7 Å². The van der Waals surface area contributed by atoms with Crippen LogP contribution in [0.4, 0.5) is 5.69 Å². The molecule has 5 nitrogen and oxygen atoms in total. The van der Waals surface area contributed by atoms with Gasteiger partial charge in [-0.3, -0.25) is 9.59 Å². The Hall–Kier alpha value is -2.04. The first-order chi connectivity index (χ1) is 12.1. The van der Waals surface area contributed by atoms with Gasteiger partial charge in [0.15, 0.2) is 0 Å². The molecule has 2 aliphatic rings. The van der Waals surface area contributed by atoms with Gasteiger partial charge in [0.25, 0.3) is 0 Å². The molecule has 0 spiro atoms. The van der Waals surface area contributed by atoms with Crippen molar-refractivity contribution >= 4 is 17.5 Å². The molecule has 136 valence electrons. The van der Waals surface area contributed by atoms with Gasteiger partial charge in [-0.05, 0) is 31.4 Å². The number of carbonyl (C=O) groups is 2. The summed E-state index contributed by atoms with van der Waals surface area (Å²) in [5, 5.41) is 0. The number of piperazine rings is 1. The van der Waals surface area contributed by atoms with E-state index in [2.05, 4.69) is 36.1 Å². The fraction of sp³-hybridized carbons (Fsp3) is 0.600. The van der Waals surface area contributed by atoms with Crippen LogP contribution in [0, 0.1) is 12.8 Å². The minimum Gasteiger partial charge on any atom is -0.368 e. The second-order valence-electron chi connectivity index (χ2n) is 7.31. The van der Waals surface area contributed by atoms with E-state index in [1.807, 2.05) is 11.9 Å². The summed E-state index contributed by atoms with van der Waals surface area (Å²) in [6, 6.07) is 8.39. The Balaban J connectivity index is 1.55. The standard InChI is InChI=1S/C20H29N3O2/c1-16-7-3-4-9-18(16)22-11-13-23(14-12-22)19(24)15-17-8-5-6-10-21(2)20(17)25/h3-4,7,9,17H,5-6,8,10-15H2,1-2H3. The number of likely N-dealkylation sites (tertiary alicyclic amines) is 1. The lowest BCUT2D eigenvalue weighted by Gasteiger charge is -2.37. The molecular formula is C20H29N3O2. The van der Waals surface area contributed by atoms with E-state index in [9.17, 15) is 9.59 Å². The van der Waals surface area contributed by atoms with E-state index >= 15 is 0 Å². The summed E-state index contributed by atoms with van der Waals surface area (Å²) < 4.78 is 0. The normalized spacial score (nSPS) is 22.1. The average molecular weight is 343 g/mol. The highest BCUT2D eigenvalue weighted by molar-refractivity contribution is 5.86. The molecule has 2 amide bonds. The molecule has 1 unspecified atom stereocenters. The maximum atomic E-state index is 12.7. The van der Waals surface area contributed by atoms with Gasteiger partial charge in [-0.1, -0.05) is 24.6 Å². The summed E-state index contributed by atoms with van der Waals surface area (Å²) in [7, 11) is 1.85. The van der Waals surface area contributed by atoms with Gasteiger partial charge in [0.1, 0.15) is 0 Å². The zero-order valence-electron chi connectivity index (χ0n) is 15.4. The quantitative estimate of drug-likeness (QED) is 0.846. The van der Waals surface area contributed by atoms with Crippen LogP contribution in [0.1, 0.15) is 31.2 Å². The Morgan fingerprint density at radius 2 is 1.80 bits per heavy atom. The van der Waals surface area contributed by atoms with Crippen molar-refractivity contribution in [3.63, 3.8) is 0 Å². The highest BCUT2D eigenvalue weighted by Crippen LogP contribution is 2.23. The van der Waals surface area contributed by atoms with Crippen LogP contribution < -0.4 is 4.90 Å². The van der Waals surface area contributed by atoms with E-state index < -0.39 is 0 Å². The molecule has 2 heterocycles. The van der Waals surface area contributed by atoms with Crippen LogP contribution in [0.15, 0.2) is 24.3 Å². The lowest BCUT2D eigenvalue weighted by Crippen LogP contribution is -2.49. The Kier molecular flexibility index (Phi) is 5.61. The molecule has 0 N–H and O–H groups in total. The molecular weight excluding hydrogens is 314 g/mol. The van der Waals surface area contributed by atoms with Crippen molar-refractivity contribution in [1.29, 1.82) is 0 Å². The first-order valence-electron chi connectivity index (χ1n) is 9.39. The maximum Gasteiger partial charge on any atom is 0.225 e. The predicted molar refractivity (Wildman–Crippen MR) is 99.6 cm³/mol. The molecule has 0 aromatic heterocycles. The van der Waals surface area contributed by atoms with Crippen molar-refractivity contribution in [1.82, 2.24) is 9.80 Å². The minimum absolute atomic E-state index is 0.130. The van der Waals surface area contributed by atoms with Crippen LogP contribution >= 0.6 is 0 Å². The van der Waals surface area contributed by atoms with Crippen molar-refractivity contribution in [2.45, 2.75) is 32.6 Å². The molecule has 0 bridgehead atoms. The van der Waals surface area contributed by atoms with E-state index in [1.165, 1.54) is 11.3 Å². The second-order valence-corrected chi connectivity index (χ2v) is 7.31. The summed E-state index contributed by atoms with van der Waals surface area (Å²) in [5.74, 6) is 0.150. The molecule has 25 heavy (non-hydrogen) atoms. The molecule has 1 aromatic carbocycles. The molecule has 1 aromatic rings. The number of amides is 2. The lowest BCUT2D eigenvalue weighted by molar-refractivity contribution is -0.140. The number of hydrogen-bond donors (Lipinski definition) is 0. The average Bonchev–Trinajstić information content (AvgIpc) is 2.78. The highest BCUT2D eigenvalue weighted by atomic mass is 16.2. The number of carbonyl (C=O) groups excluding carboxylic acids is 2. The zero-order chi connectivity index (χ0) is 17.8. The Morgan fingerprint density at radius 1 is 1.08 bits per heavy atom. The molecule has 0 radical (unpaired) electrons. The Morgan fingerprint density at radius 3 is 2.52 bits per heavy atom. The van der Waals surface area contributed by atoms with Gasteiger partial charge in [0.2, 0.25) is 11.8 Å². The number of para-hydroxylation sites is 1. The monoisotopic (exact) mass is 343 g/mol. The summed E-state index contributed by atoms with van der Waals surface area (Å²) in [5.41, 5.74) is 2.53. The summed E-state index contributed by atoms with van der Waals surface area (Å²) in [6.07, 6.45) is 3.29. The number of nitrogens with zero attached hydrogens (tertiary/aromatic N) is 3. The Bertz CT molecular complexity index is 623. The van der Waals surface area contributed by atoms with E-state index in [1.54, 1.807) is 4.90 Å². The van der Waals surface area contributed by atoms with E-state index in [0.29, 0.717) is 6.42 Å². The molecule has 5 heteroatoms. The van der Waals surface area contributed by atoms with Gasteiger partial charge in [0.05, 0.1) is 0 Å². The van der Waals surface area contributed by atoms with Gasteiger partial charge in [0, 0.05) is 57.8 Å². The smallest absolute Gasteiger partial charge is 0.225 e. The maximum absolute atomic E-state index is 12.7. The van der Waals surface area contributed by atoms with Crippen LogP contribution in [0.2, 0.25) is 0 Å². The van der Waals surface area contributed by atoms with Gasteiger partial charge < -0.3 is 14.7 Å². The lowest BCUT2D eigenvalue weighted by atomic mass is 9.97. The highest BCUT2D eigenvalue weighted by Gasteiger charge is 2.30. The van der Waals surface area contributed by atoms with Crippen molar-refractivity contribution < 1.29 is 9.59 Å². The van der Waals surface area contributed by atoms with Gasteiger partial charge in [-0.25, -0.2) is 0 Å². The molecule has 2 aliphatic heterocycles. The second kappa shape index (κ2) is 7.89.